The lowest BCUT2D eigenvalue weighted by Gasteiger charge is -2.18. The molecule has 0 heterocycles. The molecule has 4 heteroatoms. The minimum atomic E-state index is -1.17. The normalized spacial score (nSPS) is 15.5. The zero-order valence-corrected chi connectivity index (χ0v) is 9.25. The standard InChI is InChI=1S/C10H21NO3/c1-8(2)4-6-14-7-5-10(3,11)9(12)13/h8H,4-7,11H2,1-3H3,(H,12,13). The predicted molar refractivity (Wildman–Crippen MR) is 55.1 cm³/mol. The zero-order valence-electron chi connectivity index (χ0n) is 9.25. The number of rotatable bonds is 7. The molecule has 0 aromatic carbocycles. The highest BCUT2D eigenvalue weighted by atomic mass is 16.5. The molecule has 0 bridgehead atoms. The molecule has 0 radical (unpaired) electrons. The molecule has 1 atom stereocenters. The highest BCUT2D eigenvalue weighted by Gasteiger charge is 2.27. The van der Waals surface area contributed by atoms with E-state index < -0.39 is 11.5 Å². The van der Waals surface area contributed by atoms with E-state index in [2.05, 4.69) is 13.8 Å². The average molecular weight is 203 g/mol. The number of aliphatic carboxylic acids is 1. The van der Waals surface area contributed by atoms with Gasteiger partial charge in [-0.3, -0.25) is 4.79 Å². The van der Waals surface area contributed by atoms with Crippen LogP contribution in [0.25, 0.3) is 0 Å². The van der Waals surface area contributed by atoms with Crippen molar-refractivity contribution in [3.05, 3.63) is 0 Å². The maximum Gasteiger partial charge on any atom is 0.323 e. The molecule has 0 saturated carbocycles. The van der Waals surface area contributed by atoms with Gasteiger partial charge < -0.3 is 15.6 Å². The molecule has 0 aromatic rings. The van der Waals surface area contributed by atoms with E-state index in [4.69, 9.17) is 15.6 Å². The predicted octanol–water partition coefficient (Wildman–Crippen LogP) is 1.24. The molecule has 0 amide bonds. The zero-order chi connectivity index (χ0) is 11.2. The van der Waals surface area contributed by atoms with E-state index in [-0.39, 0.29) is 0 Å². The Morgan fingerprint density at radius 3 is 2.50 bits per heavy atom. The lowest BCUT2D eigenvalue weighted by molar-refractivity contribution is -0.143. The van der Waals surface area contributed by atoms with Crippen LogP contribution in [0.15, 0.2) is 0 Å². The lowest BCUT2D eigenvalue weighted by atomic mass is 10.0. The summed E-state index contributed by atoms with van der Waals surface area (Å²) >= 11 is 0. The van der Waals surface area contributed by atoms with Gasteiger partial charge in [0.1, 0.15) is 5.54 Å². The SMILES string of the molecule is CC(C)CCOCCC(C)(N)C(=O)O. The topological polar surface area (TPSA) is 72.5 Å². The van der Waals surface area contributed by atoms with Gasteiger partial charge >= 0.3 is 5.97 Å². The van der Waals surface area contributed by atoms with Gasteiger partial charge in [-0.05, 0) is 25.7 Å². The Labute approximate surface area is 85.4 Å². The Kier molecular flexibility index (Phi) is 5.72. The second-order valence-electron chi connectivity index (χ2n) is 4.27. The summed E-state index contributed by atoms with van der Waals surface area (Å²) in [4.78, 5) is 10.6. The van der Waals surface area contributed by atoms with Crippen LogP contribution < -0.4 is 5.73 Å². The third-order valence-electron chi connectivity index (χ3n) is 2.09. The van der Waals surface area contributed by atoms with Crippen LogP contribution in [0.3, 0.4) is 0 Å². The molecule has 84 valence electrons. The van der Waals surface area contributed by atoms with Crippen molar-refractivity contribution in [1.82, 2.24) is 0 Å². The number of ether oxygens (including phenoxy) is 1. The van der Waals surface area contributed by atoms with Crippen LogP contribution in [0.5, 0.6) is 0 Å². The molecule has 0 fully saturated rings. The van der Waals surface area contributed by atoms with Crippen molar-refractivity contribution in [2.24, 2.45) is 11.7 Å². The van der Waals surface area contributed by atoms with Gasteiger partial charge in [0.2, 0.25) is 0 Å². The van der Waals surface area contributed by atoms with Crippen molar-refractivity contribution < 1.29 is 14.6 Å². The average Bonchev–Trinajstić information content (AvgIpc) is 2.02. The number of carbonyl (C=O) groups is 1. The maximum absolute atomic E-state index is 10.6. The summed E-state index contributed by atoms with van der Waals surface area (Å²) < 4.78 is 5.29. The lowest BCUT2D eigenvalue weighted by Crippen LogP contribution is -2.45. The van der Waals surface area contributed by atoms with E-state index >= 15 is 0 Å². The molecule has 3 N–H and O–H groups in total. The molecule has 4 nitrogen and oxygen atoms in total. The summed E-state index contributed by atoms with van der Waals surface area (Å²) in [5.74, 6) is -0.372. The monoisotopic (exact) mass is 203 g/mol. The number of nitrogens with two attached hydrogens (primary N) is 1. The molecule has 0 spiro atoms. The van der Waals surface area contributed by atoms with E-state index in [1.165, 1.54) is 6.92 Å². The van der Waals surface area contributed by atoms with E-state index in [0.29, 0.717) is 25.6 Å². The highest BCUT2D eigenvalue weighted by molar-refractivity contribution is 5.77. The van der Waals surface area contributed by atoms with Crippen LogP contribution in [-0.4, -0.2) is 29.8 Å². The van der Waals surface area contributed by atoms with Gasteiger partial charge in [-0.25, -0.2) is 0 Å². The molecule has 0 aliphatic carbocycles. The Morgan fingerprint density at radius 1 is 1.50 bits per heavy atom. The van der Waals surface area contributed by atoms with Crippen molar-refractivity contribution in [2.75, 3.05) is 13.2 Å². The third-order valence-corrected chi connectivity index (χ3v) is 2.09. The van der Waals surface area contributed by atoms with Crippen molar-refractivity contribution >= 4 is 5.97 Å². The van der Waals surface area contributed by atoms with Gasteiger partial charge in [-0.15, -0.1) is 0 Å². The van der Waals surface area contributed by atoms with Crippen LogP contribution in [0.4, 0.5) is 0 Å². The number of hydrogen-bond acceptors (Lipinski definition) is 3. The molecule has 1 unspecified atom stereocenters. The van der Waals surface area contributed by atoms with Crippen molar-refractivity contribution in [3.63, 3.8) is 0 Å². The fourth-order valence-corrected chi connectivity index (χ4v) is 0.812. The first-order valence-electron chi connectivity index (χ1n) is 4.96. The van der Waals surface area contributed by atoms with Crippen LogP contribution in [0, 0.1) is 5.92 Å². The molecule has 0 aliphatic heterocycles. The summed E-state index contributed by atoms with van der Waals surface area (Å²) in [5, 5.41) is 8.71. The second-order valence-corrected chi connectivity index (χ2v) is 4.27. The first-order valence-corrected chi connectivity index (χ1v) is 4.96. The van der Waals surface area contributed by atoms with Crippen LogP contribution in [0.2, 0.25) is 0 Å². The summed E-state index contributed by atoms with van der Waals surface area (Å²) in [6, 6.07) is 0. The van der Waals surface area contributed by atoms with Crippen molar-refractivity contribution in [2.45, 2.75) is 39.2 Å². The van der Waals surface area contributed by atoms with Gasteiger partial charge in [-0.2, -0.15) is 0 Å². The third kappa shape index (κ3) is 5.94. The Hall–Kier alpha value is -0.610. The fourth-order valence-electron chi connectivity index (χ4n) is 0.812. The van der Waals surface area contributed by atoms with Crippen LogP contribution in [0.1, 0.15) is 33.6 Å². The Bertz CT molecular complexity index is 178. The maximum atomic E-state index is 10.6. The summed E-state index contributed by atoms with van der Waals surface area (Å²) in [6.45, 7) is 6.82. The molecule has 14 heavy (non-hydrogen) atoms. The van der Waals surface area contributed by atoms with E-state index in [9.17, 15) is 4.79 Å². The molecule has 0 saturated heterocycles. The highest BCUT2D eigenvalue weighted by Crippen LogP contribution is 2.06. The Morgan fingerprint density at radius 2 is 2.07 bits per heavy atom. The minimum absolute atomic E-state index is 0.348. The minimum Gasteiger partial charge on any atom is -0.480 e. The quantitative estimate of drug-likeness (QED) is 0.611. The molecule has 0 aliphatic rings. The molecular weight excluding hydrogens is 182 g/mol. The van der Waals surface area contributed by atoms with E-state index in [1.807, 2.05) is 0 Å². The summed E-state index contributed by atoms with van der Waals surface area (Å²) in [6.07, 6.45) is 1.34. The molecule has 0 aromatic heterocycles. The fraction of sp³-hybridized carbons (Fsp3) is 0.900. The van der Waals surface area contributed by atoms with Gasteiger partial charge in [0.15, 0.2) is 0 Å². The first kappa shape index (κ1) is 13.4. The van der Waals surface area contributed by atoms with Gasteiger partial charge in [-0.1, -0.05) is 13.8 Å². The second kappa shape index (κ2) is 5.98. The smallest absolute Gasteiger partial charge is 0.323 e. The summed E-state index contributed by atoms with van der Waals surface area (Å²) in [7, 11) is 0. The van der Waals surface area contributed by atoms with E-state index in [1.54, 1.807) is 0 Å². The van der Waals surface area contributed by atoms with Crippen molar-refractivity contribution in [3.8, 4) is 0 Å². The molecular formula is C10H21NO3. The van der Waals surface area contributed by atoms with Gasteiger partial charge in [0.05, 0.1) is 0 Å². The number of carboxylic acids is 1. The summed E-state index contributed by atoms with van der Waals surface area (Å²) in [5.41, 5.74) is 4.35. The van der Waals surface area contributed by atoms with Gasteiger partial charge in [0.25, 0.3) is 0 Å². The number of carboxylic acid groups (broad SMARTS) is 1. The van der Waals surface area contributed by atoms with Crippen molar-refractivity contribution in [1.29, 1.82) is 0 Å². The van der Waals surface area contributed by atoms with Crippen LogP contribution in [-0.2, 0) is 9.53 Å². The largest absolute Gasteiger partial charge is 0.480 e. The molecule has 0 rings (SSSR count). The van der Waals surface area contributed by atoms with Crippen LogP contribution >= 0.6 is 0 Å². The number of hydrogen-bond donors (Lipinski definition) is 2. The van der Waals surface area contributed by atoms with Gasteiger partial charge in [0, 0.05) is 13.2 Å². The Balaban J connectivity index is 3.49. The first-order chi connectivity index (χ1) is 6.36. The van der Waals surface area contributed by atoms with E-state index in [0.717, 1.165) is 6.42 Å².